The summed E-state index contributed by atoms with van der Waals surface area (Å²) in [5.74, 6) is 1.51. The quantitative estimate of drug-likeness (QED) is 0.472. The van der Waals surface area contributed by atoms with Crippen LogP contribution in [0.25, 0.3) is 0 Å². The largest absolute Gasteiger partial charge is 1.00 e. The Hall–Kier alpha value is -0.650. The van der Waals surface area contributed by atoms with E-state index in [4.69, 9.17) is 0 Å². The van der Waals surface area contributed by atoms with E-state index in [1.807, 2.05) is 0 Å². The molecule has 0 radical (unpaired) electrons. The molecule has 0 aliphatic carbocycles. The minimum Gasteiger partial charge on any atom is 1.00 e. The zero-order valence-corrected chi connectivity index (χ0v) is 12.9. The summed E-state index contributed by atoms with van der Waals surface area (Å²) in [4.78, 5) is 4.76. The predicted octanol–water partition coefficient (Wildman–Crippen LogP) is 5.84. The second kappa shape index (κ2) is 5.62. The fourth-order valence-electron chi connectivity index (χ4n) is 1.69. The summed E-state index contributed by atoms with van der Waals surface area (Å²) in [5, 5.41) is 0. The van der Waals surface area contributed by atoms with E-state index in [9.17, 15) is 25.2 Å². The third-order valence-electron chi connectivity index (χ3n) is 2.05. The molecule has 124 valence electrons. The van der Waals surface area contributed by atoms with E-state index < -0.39 is 7.81 Å². The molecule has 0 aromatic rings. The fourth-order valence-corrected chi connectivity index (χ4v) is 1.69. The van der Waals surface area contributed by atoms with Gasteiger partial charge in [0.2, 0.25) is 0 Å². The van der Waals surface area contributed by atoms with Gasteiger partial charge >= 0.3 is 34.4 Å². The van der Waals surface area contributed by atoms with Crippen molar-refractivity contribution in [3.05, 3.63) is 12.4 Å². The van der Waals surface area contributed by atoms with Crippen LogP contribution in [0.4, 0.5) is 25.2 Å². The van der Waals surface area contributed by atoms with Crippen molar-refractivity contribution in [1.29, 1.82) is 0 Å². The molecule has 1 heterocycles. The summed E-state index contributed by atoms with van der Waals surface area (Å²) in [6.45, 7) is 12.5. The molecule has 1 aliphatic rings. The van der Waals surface area contributed by atoms with Gasteiger partial charge in [-0.1, -0.05) is 27.7 Å². The van der Waals surface area contributed by atoms with Gasteiger partial charge in [-0.25, -0.2) is 0 Å². The van der Waals surface area contributed by atoms with Gasteiger partial charge < -0.3 is 9.80 Å². The van der Waals surface area contributed by atoms with Gasteiger partial charge in [-0.3, -0.25) is 0 Å². The van der Waals surface area contributed by atoms with Crippen LogP contribution in [0, 0.1) is 11.8 Å². The average Bonchev–Trinajstić information content (AvgIpc) is 2.43. The maximum atomic E-state index is 9.87. The van der Waals surface area contributed by atoms with Crippen LogP contribution in [0.15, 0.2) is 12.4 Å². The number of nitrogens with zero attached hydrogens (tertiary/aromatic N) is 2. The third kappa shape index (κ3) is 17.4. The van der Waals surface area contributed by atoms with Gasteiger partial charge in [-0.2, -0.15) is 0 Å². The number of hydrogen-bond donors (Lipinski definition) is 0. The molecule has 0 aromatic heterocycles. The molecule has 0 fully saturated rings. The van der Waals surface area contributed by atoms with Crippen LogP contribution in [0.1, 0.15) is 29.1 Å². The van der Waals surface area contributed by atoms with Gasteiger partial charge in [0.15, 0.2) is 0 Å². The summed E-state index contributed by atoms with van der Waals surface area (Å²) >= 11 is 0. The summed E-state index contributed by atoms with van der Waals surface area (Å²) in [5.41, 5.74) is 0. The molecule has 0 amide bonds. The second-order valence-electron chi connectivity index (χ2n) is 5.73. The van der Waals surface area contributed by atoms with Gasteiger partial charge in [0.25, 0.3) is 0 Å². The summed E-state index contributed by atoms with van der Waals surface area (Å²) < 4.78 is 59.2. The molecule has 0 bridgehead atoms. The zero-order valence-electron chi connectivity index (χ0n) is 13.0. The molecular formula is C11H23F6N2P. The van der Waals surface area contributed by atoms with Crippen LogP contribution in [-0.2, 0) is 0 Å². The summed E-state index contributed by atoms with van der Waals surface area (Å²) in [6.07, 6.45) is 4.42. The van der Waals surface area contributed by atoms with E-state index >= 15 is 0 Å². The van der Waals surface area contributed by atoms with E-state index in [-0.39, 0.29) is 1.43 Å². The first-order valence-corrected chi connectivity index (χ1v) is 8.28. The van der Waals surface area contributed by atoms with Crippen molar-refractivity contribution in [2.75, 3.05) is 19.8 Å². The Morgan fingerprint density at radius 1 is 0.850 bits per heavy atom. The van der Waals surface area contributed by atoms with Crippen molar-refractivity contribution in [1.82, 2.24) is 9.80 Å². The standard InChI is InChI=1S/C11H22N2.F6P/c1-10(2)7-12-5-6-13(9-12)8-11(3)4;1-7(2,3,4,5)6/h5-6,10-11H,7-9H2,1-4H3;/q;-1/p+1. The third-order valence-corrected chi connectivity index (χ3v) is 2.05. The minimum absolute atomic E-state index is 0. The Labute approximate surface area is 117 Å². The van der Waals surface area contributed by atoms with Crippen LogP contribution < -0.4 is 0 Å². The molecule has 20 heavy (non-hydrogen) atoms. The van der Waals surface area contributed by atoms with Crippen molar-refractivity contribution in [3.8, 4) is 0 Å². The molecule has 0 unspecified atom stereocenters. The van der Waals surface area contributed by atoms with Gasteiger partial charge in [-0.15, -0.1) is 0 Å². The van der Waals surface area contributed by atoms with Gasteiger partial charge in [0.1, 0.15) is 0 Å². The van der Waals surface area contributed by atoms with Crippen LogP contribution in [0.5, 0.6) is 0 Å². The van der Waals surface area contributed by atoms with Gasteiger partial charge in [-0.05, 0) is 11.8 Å². The predicted molar refractivity (Wildman–Crippen MR) is 71.8 cm³/mol. The van der Waals surface area contributed by atoms with E-state index in [0.29, 0.717) is 0 Å². The van der Waals surface area contributed by atoms with Crippen LogP contribution in [0.3, 0.4) is 0 Å². The number of hydrogen-bond acceptors (Lipinski definition) is 2. The number of halogens is 6. The molecule has 0 N–H and O–H groups in total. The first-order valence-electron chi connectivity index (χ1n) is 6.25. The molecule has 0 saturated carbocycles. The monoisotopic (exact) mass is 328 g/mol. The molecular weight excluding hydrogens is 305 g/mol. The second-order valence-corrected chi connectivity index (χ2v) is 7.64. The molecule has 0 saturated heterocycles. The molecule has 9 heteroatoms. The molecule has 1 aliphatic heterocycles. The Bertz CT molecular complexity index is 311. The summed E-state index contributed by atoms with van der Waals surface area (Å²) in [7, 11) is -10.7. The van der Waals surface area contributed by atoms with Crippen LogP contribution >= 0.6 is 7.81 Å². The van der Waals surface area contributed by atoms with E-state index in [2.05, 4.69) is 49.9 Å². The Kier molecular flexibility index (Phi) is 5.44. The Morgan fingerprint density at radius 3 is 1.30 bits per heavy atom. The molecule has 0 aromatic carbocycles. The number of rotatable bonds is 4. The van der Waals surface area contributed by atoms with Gasteiger partial charge in [0, 0.05) is 25.5 Å². The Morgan fingerprint density at radius 2 is 1.10 bits per heavy atom. The maximum Gasteiger partial charge on any atom is 1.00 e. The van der Waals surface area contributed by atoms with Gasteiger partial charge in [0.05, 0.1) is 6.67 Å². The molecule has 0 atom stereocenters. The van der Waals surface area contributed by atoms with Crippen LogP contribution in [-0.4, -0.2) is 29.6 Å². The van der Waals surface area contributed by atoms with E-state index in [1.165, 1.54) is 13.1 Å². The van der Waals surface area contributed by atoms with Crippen molar-refractivity contribution in [3.63, 3.8) is 0 Å². The van der Waals surface area contributed by atoms with Crippen LogP contribution in [0.2, 0.25) is 0 Å². The maximum absolute atomic E-state index is 10.7. The first kappa shape index (κ1) is 19.4. The van der Waals surface area contributed by atoms with Crippen molar-refractivity contribution >= 4 is 7.81 Å². The van der Waals surface area contributed by atoms with E-state index in [1.54, 1.807) is 0 Å². The SMILES string of the molecule is CC(C)CN1C=CN(CC(C)C)C1.F[P-](F)(F)(F)(F)F.[H+]. The summed E-state index contributed by atoms with van der Waals surface area (Å²) in [6, 6.07) is 0. The molecule has 1 rings (SSSR count). The van der Waals surface area contributed by atoms with Crippen molar-refractivity contribution < 1.29 is 26.6 Å². The smallest absolute Gasteiger partial charge is 1.00 e. The Balaban J connectivity index is 0. The minimum atomic E-state index is -10.7. The molecule has 0 spiro atoms. The average molecular weight is 328 g/mol. The first-order chi connectivity index (χ1) is 8.52. The van der Waals surface area contributed by atoms with Crippen molar-refractivity contribution in [2.24, 2.45) is 11.8 Å². The zero-order chi connectivity index (χ0) is 16.3. The van der Waals surface area contributed by atoms with Crippen molar-refractivity contribution in [2.45, 2.75) is 27.7 Å². The molecule has 2 nitrogen and oxygen atoms in total. The fraction of sp³-hybridized carbons (Fsp3) is 0.818. The normalized spacial score (nSPS) is 19.0. The topological polar surface area (TPSA) is 6.48 Å². The van der Waals surface area contributed by atoms with E-state index in [0.717, 1.165) is 18.5 Å².